The maximum Gasteiger partial charge on any atom is 0.228 e. The predicted octanol–water partition coefficient (Wildman–Crippen LogP) is 3.54. The standard InChI is InChI=1S/C19H18N4O/c1-12-21-17-11-15(5-6-18(17)23(12)2)22-19(24)10-13-3-4-14-7-8-20-16(14)9-13/h3-9,11,20H,10H2,1-2H3,(H,22,24). The molecule has 4 rings (SSSR count). The quantitative estimate of drug-likeness (QED) is 0.607. The number of hydrogen-bond donors (Lipinski definition) is 2. The minimum absolute atomic E-state index is 0.0343. The van der Waals surface area contributed by atoms with Crippen molar-refractivity contribution < 1.29 is 4.79 Å². The first-order chi connectivity index (χ1) is 11.6. The molecule has 2 aromatic carbocycles. The molecule has 2 N–H and O–H groups in total. The highest BCUT2D eigenvalue weighted by Gasteiger charge is 2.08. The van der Waals surface area contributed by atoms with E-state index in [1.807, 2.05) is 67.2 Å². The third-order valence-electron chi connectivity index (χ3n) is 4.37. The molecule has 0 saturated heterocycles. The molecule has 24 heavy (non-hydrogen) atoms. The maximum absolute atomic E-state index is 12.3. The summed E-state index contributed by atoms with van der Waals surface area (Å²) in [5.74, 6) is 0.917. The summed E-state index contributed by atoms with van der Waals surface area (Å²) in [6.07, 6.45) is 2.24. The van der Waals surface area contributed by atoms with Gasteiger partial charge < -0.3 is 14.9 Å². The molecule has 0 aliphatic carbocycles. The second-order valence-corrected chi connectivity index (χ2v) is 6.05. The van der Waals surface area contributed by atoms with E-state index in [9.17, 15) is 4.79 Å². The van der Waals surface area contributed by atoms with Crippen LogP contribution in [0.4, 0.5) is 5.69 Å². The molecule has 0 bridgehead atoms. The van der Waals surface area contributed by atoms with Crippen LogP contribution in [0, 0.1) is 6.92 Å². The fourth-order valence-corrected chi connectivity index (χ4v) is 2.99. The summed E-state index contributed by atoms with van der Waals surface area (Å²) in [5, 5.41) is 4.10. The average molecular weight is 318 g/mol. The Labute approximate surface area is 139 Å². The first-order valence-corrected chi connectivity index (χ1v) is 7.89. The Morgan fingerprint density at radius 1 is 1.21 bits per heavy atom. The van der Waals surface area contributed by atoms with Gasteiger partial charge in [-0.05, 0) is 48.2 Å². The monoisotopic (exact) mass is 318 g/mol. The Kier molecular flexibility index (Phi) is 3.34. The van der Waals surface area contributed by atoms with Gasteiger partial charge in [0.15, 0.2) is 0 Å². The van der Waals surface area contributed by atoms with Crippen molar-refractivity contribution in [1.82, 2.24) is 14.5 Å². The van der Waals surface area contributed by atoms with Crippen LogP contribution in [-0.4, -0.2) is 20.4 Å². The minimum Gasteiger partial charge on any atom is -0.361 e. The van der Waals surface area contributed by atoms with Crippen LogP contribution >= 0.6 is 0 Å². The summed E-state index contributed by atoms with van der Waals surface area (Å²) >= 11 is 0. The Hall–Kier alpha value is -3.08. The lowest BCUT2D eigenvalue weighted by atomic mass is 10.1. The van der Waals surface area contributed by atoms with Crippen LogP contribution in [0.1, 0.15) is 11.4 Å². The number of amides is 1. The van der Waals surface area contributed by atoms with E-state index < -0.39 is 0 Å². The normalized spacial score (nSPS) is 11.2. The molecule has 0 unspecified atom stereocenters. The first-order valence-electron chi connectivity index (χ1n) is 7.89. The first kappa shape index (κ1) is 14.5. The topological polar surface area (TPSA) is 62.7 Å². The number of H-pyrrole nitrogens is 1. The number of carbonyl (C=O) groups excluding carboxylic acids is 1. The Balaban J connectivity index is 1.52. The molecular formula is C19H18N4O. The summed E-state index contributed by atoms with van der Waals surface area (Å²) in [5.41, 5.74) is 4.75. The number of aromatic nitrogens is 3. The molecule has 0 spiro atoms. The molecule has 1 amide bonds. The smallest absolute Gasteiger partial charge is 0.228 e. The molecule has 2 aromatic heterocycles. The number of anilines is 1. The molecule has 2 heterocycles. The van der Waals surface area contributed by atoms with Gasteiger partial charge in [-0.3, -0.25) is 4.79 Å². The van der Waals surface area contributed by atoms with E-state index in [4.69, 9.17) is 0 Å². The van der Waals surface area contributed by atoms with Gasteiger partial charge in [0.1, 0.15) is 5.82 Å². The van der Waals surface area contributed by atoms with Crippen molar-refractivity contribution in [3.05, 3.63) is 60.0 Å². The fraction of sp³-hybridized carbons (Fsp3) is 0.158. The fourth-order valence-electron chi connectivity index (χ4n) is 2.99. The molecule has 0 fully saturated rings. The van der Waals surface area contributed by atoms with E-state index in [0.717, 1.165) is 39.0 Å². The van der Waals surface area contributed by atoms with Crippen LogP contribution < -0.4 is 5.32 Å². The molecule has 4 aromatic rings. The second-order valence-electron chi connectivity index (χ2n) is 6.05. The van der Waals surface area contributed by atoms with E-state index in [1.54, 1.807) is 0 Å². The SMILES string of the molecule is Cc1nc2cc(NC(=O)Cc3ccc4cc[nH]c4c3)ccc2n1C. The third kappa shape index (κ3) is 2.54. The summed E-state index contributed by atoms with van der Waals surface area (Å²) in [4.78, 5) is 20.0. The van der Waals surface area contributed by atoms with Crippen LogP contribution in [0.5, 0.6) is 0 Å². The van der Waals surface area contributed by atoms with Crippen molar-refractivity contribution in [2.24, 2.45) is 7.05 Å². The highest BCUT2D eigenvalue weighted by Crippen LogP contribution is 2.20. The molecule has 5 nitrogen and oxygen atoms in total. The van der Waals surface area contributed by atoms with Gasteiger partial charge in [0.05, 0.1) is 17.5 Å². The lowest BCUT2D eigenvalue weighted by Gasteiger charge is -2.06. The Bertz CT molecular complexity index is 1060. The largest absolute Gasteiger partial charge is 0.361 e. The zero-order valence-electron chi connectivity index (χ0n) is 13.6. The molecule has 120 valence electrons. The number of imidazole rings is 1. The predicted molar refractivity (Wildman–Crippen MR) is 96.1 cm³/mol. The number of rotatable bonds is 3. The van der Waals surface area contributed by atoms with Crippen molar-refractivity contribution in [1.29, 1.82) is 0 Å². The molecule has 0 radical (unpaired) electrons. The lowest BCUT2D eigenvalue weighted by Crippen LogP contribution is -2.14. The molecule has 0 atom stereocenters. The van der Waals surface area contributed by atoms with Gasteiger partial charge in [0, 0.05) is 24.4 Å². The highest BCUT2D eigenvalue weighted by molar-refractivity contribution is 5.95. The number of fused-ring (bicyclic) bond motifs is 2. The Morgan fingerprint density at radius 2 is 2.08 bits per heavy atom. The van der Waals surface area contributed by atoms with Gasteiger partial charge in [-0.2, -0.15) is 0 Å². The van der Waals surface area contributed by atoms with Crippen molar-refractivity contribution in [2.75, 3.05) is 5.32 Å². The zero-order valence-corrected chi connectivity index (χ0v) is 13.6. The van der Waals surface area contributed by atoms with Gasteiger partial charge in [0.25, 0.3) is 0 Å². The number of carbonyl (C=O) groups is 1. The van der Waals surface area contributed by atoms with Crippen LogP contribution in [0.25, 0.3) is 21.9 Å². The van der Waals surface area contributed by atoms with Gasteiger partial charge >= 0.3 is 0 Å². The third-order valence-corrected chi connectivity index (χ3v) is 4.37. The van der Waals surface area contributed by atoms with Gasteiger partial charge in [-0.1, -0.05) is 12.1 Å². The summed E-state index contributed by atoms with van der Waals surface area (Å²) in [6, 6.07) is 13.8. The summed E-state index contributed by atoms with van der Waals surface area (Å²) in [7, 11) is 1.99. The number of benzene rings is 2. The lowest BCUT2D eigenvalue weighted by molar-refractivity contribution is -0.115. The van der Waals surface area contributed by atoms with Crippen LogP contribution in [0.15, 0.2) is 48.7 Å². The molecule has 5 heteroatoms. The van der Waals surface area contributed by atoms with Crippen molar-refractivity contribution in [3.8, 4) is 0 Å². The van der Waals surface area contributed by atoms with Gasteiger partial charge in [-0.25, -0.2) is 4.98 Å². The number of aryl methyl sites for hydroxylation is 2. The molecular weight excluding hydrogens is 300 g/mol. The average Bonchev–Trinajstić information content (AvgIpc) is 3.12. The summed E-state index contributed by atoms with van der Waals surface area (Å²) < 4.78 is 2.03. The van der Waals surface area contributed by atoms with E-state index in [1.165, 1.54) is 0 Å². The van der Waals surface area contributed by atoms with E-state index in [2.05, 4.69) is 15.3 Å². The second kappa shape index (κ2) is 5.53. The molecule has 0 aliphatic heterocycles. The van der Waals surface area contributed by atoms with E-state index >= 15 is 0 Å². The van der Waals surface area contributed by atoms with Crippen molar-refractivity contribution in [2.45, 2.75) is 13.3 Å². The molecule has 0 saturated carbocycles. The number of hydrogen-bond acceptors (Lipinski definition) is 2. The van der Waals surface area contributed by atoms with Crippen LogP contribution in [-0.2, 0) is 18.3 Å². The van der Waals surface area contributed by atoms with Crippen LogP contribution in [0.3, 0.4) is 0 Å². The summed E-state index contributed by atoms with van der Waals surface area (Å²) in [6.45, 7) is 1.97. The number of nitrogens with zero attached hydrogens (tertiary/aromatic N) is 2. The maximum atomic E-state index is 12.3. The van der Waals surface area contributed by atoms with E-state index in [-0.39, 0.29) is 5.91 Å². The van der Waals surface area contributed by atoms with Gasteiger partial charge in [0.2, 0.25) is 5.91 Å². The van der Waals surface area contributed by atoms with E-state index in [0.29, 0.717) is 6.42 Å². The van der Waals surface area contributed by atoms with Gasteiger partial charge in [-0.15, -0.1) is 0 Å². The highest BCUT2D eigenvalue weighted by atomic mass is 16.1. The van der Waals surface area contributed by atoms with Crippen LogP contribution in [0.2, 0.25) is 0 Å². The Morgan fingerprint density at radius 3 is 2.96 bits per heavy atom. The number of nitrogens with one attached hydrogen (secondary N) is 2. The minimum atomic E-state index is -0.0343. The molecule has 0 aliphatic rings. The zero-order chi connectivity index (χ0) is 16.7. The van der Waals surface area contributed by atoms with Crippen molar-refractivity contribution in [3.63, 3.8) is 0 Å². The van der Waals surface area contributed by atoms with Crippen molar-refractivity contribution >= 4 is 33.5 Å². The number of aromatic amines is 1.